The molecular formula is C5H4FOS. The van der Waals surface area contributed by atoms with Crippen molar-refractivity contribution in [2.24, 2.45) is 0 Å². The predicted octanol–water partition coefficient (Wildman–Crippen LogP) is 1.32. The van der Waals surface area contributed by atoms with Crippen molar-refractivity contribution in [3.8, 4) is 0 Å². The molecule has 1 unspecified atom stereocenters. The van der Waals surface area contributed by atoms with Crippen LogP contribution in [0.3, 0.4) is 0 Å². The van der Waals surface area contributed by atoms with Gasteiger partial charge in [-0.05, 0) is 12.2 Å². The van der Waals surface area contributed by atoms with Crippen LogP contribution >= 0.6 is 10.9 Å². The molecule has 0 bridgehead atoms. The van der Waals surface area contributed by atoms with E-state index in [2.05, 4.69) is 5.41 Å². The minimum Gasteiger partial charge on any atom is -0.292 e. The lowest BCUT2D eigenvalue weighted by atomic mass is 10.6. The van der Waals surface area contributed by atoms with Crippen LogP contribution in [-0.4, -0.2) is 5.62 Å². The van der Waals surface area contributed by atoms with Gasteiger partial charge < -0.3 is 0 Å². The van der Waals surface area contributed by atoms with E-state index in [1.807, 2.05) is 0 Å². The third-order valence-electron chi connectivity index (χ3n) is 0.770. The molecule has 0 aromatic heterocycles. The zero-order valence-corrected chi connectivity index (χ0v) is 4.86. The second-order valence-electron chi connectivity index (χ2n) is 1.26. The van der Waals surface area contributed by atoms with Crippen molar-refractivity contribution in [2.45, 2.75) is 0 Å². The first kappa shape index (κ1) is 5.56. The van der Waals surface area contributed by atoms with Gasteiger partial charge in [0, 0.05) is 5.41 Å². The molecule has 43 valence electrons. The van der Waals surface area contributed by atoms with Crippen LogP contribution in [0.25, 0.3) is 0 Å². The van der Waals surface area contributed by atoms with E-state index in [0.29, 0.717) is 5.62 Å². The van der Waals surface area contributed by atoms with Gasteiger partial charge in [0.05, 0.1) is 0 Å². The number of hydrogen-bond donors (Lipinski definition) is 1. The Balaban J connectivity index is 2.71. The van der Waals surface area contributed by atoms with Gasteiger partial charge in [-0.15, -0.1) is 10.9 Å². The minimum absolute atomic E-state index is 0.352. The van der Waals surface area contributed by atoms with Gasteiger partial charge in [0.1, 0.15) is 5.16 Å². The molecule has 0 fully saturated rings. The summed E-state index contributed by atoms with van der Waals surface area (Å²) in [5.74, 6) is 0. The normalized spacial score (nSPS) is 30.1. The molecule has 1 rings (SSSR count). The van der Waals surface area contributed by atoms with E-state index in [1.165, 1.54) is 12.2 Å². The maximum absolute atomic E-state index is 12.2. The Bertz CT molecular complexity index is 162. The molecule has 0 N–H and O–H groups in total. The summed E-state index contributed by atoms with van der Waals surface area (Å²) in [4.78, 5) is 9.88. The van der Waals surface area contributed by atoms with Crippen LogP contribution in [0.15, 0.2) is 17.3 Å². The number of hydrogen-bond acceptors (Lipinski definition) is 1. The van der Waals surface area contributed by atoms with Gasteiger partial charge in [-0.2, -0.15) is 0 Å². The predicted molar refractivity (Wildman–Crippen MR) is 32.7 cm³/mol. The second-order valence-corrected chi connectivity index (χ2v) is 2.90. The van der Waals surface area contributed by atoms with E-state index in [9.17, 15) is 9.18 Å². The summed E-state index contributed by atoms with van der Waals surface area (Å²) in [6.45, 7) is 0. The van der Waals surface area contributed by atoms with Crippen LogP contribution in [0.1, 0.15) is 0 Å². The lowest BCUT2D eigenvalue weighted by Gasteiger charge is -1.96. The van der Waals surface area contributed by atoms with Gasteiger partial charge >= 0.3 is 0 Å². The molecular weight excluding hydrogens is 127 g/mol. The molecule has 3 heteroatoms. The van der Waals surface area contributed by atoms with Crippen molar-refractivity contribution >= 4 is 16.5 Å². The largest absolute Gasteiger partial charge is 0.292 e. The summed E-state index contributed by atoms with van der Waals surface area (Å²) in [6.07, 6.45) is 2.70. The quantitative estimate of drug-likeness (QED) is 0.419. The topological polar surface area (TPSA) is 17.1 Å². The third kappa shape index (κ3) is 0.816. The molecule has 1 radical (unpaired) electrons. The van der Waals surface area contributed by atoms with Crippen molar-refractivity contribution in [3.63, 3.8) is 0 Å². The Morgan fingerprint density at radius 2 is 2.62 bits per heavy atom. The lowest BCUT2D eigenvalue weighted by Crippen LogP contribution is -1.70. The summed E-state index contributed by atoms with van der Waals surface area (Å²) >= 11 is 0. The Labute approximate surface area is 49.2 Å². The zero-order chi connectivity index (χ0) is 5.98. The van der Waals surface area contributed by atoms with Gasteiger partial charge in [-0.3, -0.25) is 4.79 Å². The number of allylic oxidation sites excluding steroid dienone is 2. The van der Waals surface area contributed by atoms with Crippen LogP contribution in [0.4, 0.5) is 4.39 Å². The van der Waals surface area contributed by atoms with E-state index in [0.717, 1.165) is 0 Å². The molecule has 0 aromatic carbocycles. The van der Waals surface area contributed by atoms with E-state index in [1.54, 1.807) is 0 Å². The van der Waals surface area contributed by atoms with Crippen LogP contribution in [0.5, 0.6) is 0 Å². The molecule has 0 aromatic rings. The highest BCUT2D eigenvalue weighted by Gasteiger charge is 2.07. The highest BCUT2D eigenvalue weighted by molar-refractivity contribution is 8.32. The minimum atomic E-state index is -1.30. The van der Waals surface area contributed by atoms with Gasteiger partial charge in [0.15, 0.2) is 5.62 Å². The highest BCUT2D eigenvalue weighted by Crippen LogP contribution is 2.37. The van der Waals surface area contributed by atoms with Crippen LogP contribution < -0.4 is 0 Å². The van der Waals surface area contributed by atoms with Crippen molar-refractivity contribution in [3.05, 3.63) is 22.7 Å². The number of carbonyl (C=O) groups is 1. The summed E-state index contributed by atoms with van der Waals surface area (Å²) in [7, 11) is -1.30. The van der Waals surface area contributed by atoms with Gasteiger partial charge in [-0.25, -0.2) is 4.39 Å². The van der Waals surface area contributed by atoms with Crippen molar-refractivity contribution in [2.75, 3.05) is 0 Å². The Morgan fingerprint density at radius 3 is 2.88 bits per heavy atom. The Morgan fingerprint density at radius 1 is 1.88 bits per heavy atom. The second kappa shape index (κ2) is 2.13. The van der Waals surface area contributed by atoms with E-state index in [4.69, 9.17) is 0 Å². The SMILES string of the molecule is O=C[SH]1[C]=CC=C1F. The van der Waals surface area contributed by atoms with Crippen molar-refractivity contribution < 1.29 is 9.18 Å². The smallest absolute Gasteiger partial charge is 0.166 e. The maximum atomic E-state index is 12.2. The Hall–Kier alpha value is -0.570. The average Bonchev–Trinajstić information content (AvgIpc) is 2.14. The molecule has 0 saturated carbocycles. The molecule has 0 spiro atoms. The summed E-state index contributed by atoms with van der Waals surface area (Å²) < 4.78 is 12.2. The van der Waals surface area contributed by atoms with Crippen molar-refractivity contribution in [1.82, 2.24) is 0 Å². The molecule has 1 atom stereocenters. The van der Waals surface area contributed by atoms with Gasteiger partial charge in [0.2, 0.25) is 0 Å². The van der Waals surface area contributed by atoms with Gasteiger partial charge in [0.25, 0.3) is 0 Å². The third-order valence-corrected chi connectivity index (χ3v) is 2.02. The number of rotatable bonds is 1. The first-order valence-corrected chi connectivity index (χ1v) is 3.45. The molecule has 1 heterocycles. The molecule has 0 saturated heterocycles. The highest BCUT2D eigenvalue weighted by atomic mass is 32.2. The van der Waals surface area contributed by atoms with Crippen LogP contribution in [0.2, 0.25) is 0 Å². The summed E-state index contributed by atoms with van der Waals surface area (Å²) in [6, 6.07) is 0. The summed E-state index contributed by atoms with van der Waals surface area (Å²) in [5.41, 5.74) is 0.588. The number of thiol groups is 1. The zero-order valence-electron chi connectivity index (χ0n) is 3.97. The fourth-order valence-corrected chi connectivity index (χ4v) is 1.16. The first-order chi connectivity index (χ1) is 3.84. The molecule has 0 amide bonds. The fraction of sp³-hybridized carbons (Fsp3) is 0. The Kier molecular flexibility index (Phi) is 1.48. The fourth-order valence-electron chi connectivity index (χ4n) is 0.409. The van der Waals surface area contributed by atoms with Gasteiger partial charge in [-0.1, -0.05) is 0 Å². The van der Waals surface area contributed by atoms with E-state index < -0.39 is 10.9 Å². The van der Waals surface area contributed by atoms with Crippen LogP contribution in [0, 0.1) is 5.41 Å². The maximum Gasteiger partial charge on any atom is 0.166 e. The van der Waals surface area contributed by atoms with E-state index in [-0.39, 0.29) is 5.16 Å². The first-order valence-electron chi connectivity index (χ1n) is 2.04. The van der Waals surface area contributed by atoms with E-state index >= 15 is 0 Å². The van der Waals surface area contributed by atoms with Crippen LogP contribution in [-0.2, 0) is 4.79 Å². The lowest BCUT2D eigenvalue weighted by molar-refractivity contribution is 0.569. The summed E-state index contributed by atoms with van der Waals surface area (Å²) in [5, 5.41) is 2.21. The molecule has 1 aliphatic rings. The average molecular weight is 131 g/mol. The number of halogens is 1. The standard InChI is InChI=1S/C5H4FOS/c6-5-2-1-3-8(5)4-7/h1-2,4,8H. The monoisotopic (exact) mass is 131 g/mol. The van der Waals surface area contributed by atoms with Crippen molar-refractivity contribution in [1.29, 1.82) is 0 Å². The molecule has 1 nitrogen and oxygen atoms in total. The molecule has 1 aliphatic heterocycles. The number of carbonyl (C=O) groups excluding carboxylic acids is 1. The molecule has 0 aliphatic carbocycles. The molecule has 8 heavy (non-hydrogen) atoms.